The molecule has 6 atom stereocenters. The lowest BCUT2D eigenvalue weighted by molar-refractivity contribution is -0.210. The standard InChI is InChI=1S/C20H18F4I2O7S/c1-7(2)17(27)31-16-12(25)5-9(6-13(16)26)18-32-14-8-3-10(15(14)33-18)11(4-8)19(21,22)20(23,24)34(28,29)30/h5-6,8,10-11,14-15,18H,1,3-4H2,2H3,(H,28,29,30). The zero-order chi connectivity index (χ0) is 25.4. The van der Waals surface area contributed by atoms with Crippen molar-refractivity contribution in [3.63, 3.8) is 0 Å². The Morgan fingerprint density at radius 1 is 1.15 bits per heavy atom. The highest BCUT2D eigenvalue weighted by atomic mass is 127. The predicted molar refractivity (Wildman–Crippen MR) is 126 cm³/mol. The van der Waals surface area contributed by atoms with Gasteiger partial charge in [-0.05, 0) is 88.9 Å². The minimum Gasteiger partial charge on any atom is -0.421 e. The molecule has 7 nitrogen and oxygen atoms in total. The van der Waals surface area contributed by atoms with E-state index in [1.807, 2.05) is 45.2 Å². The van der Waals surface area contributed by atoms with Crippen molar-refractivity contribution in [3.05, 3.63) is 37.0 Å². The Balaban J connectivity index is 1.55. The van der Waals surface area contributed by atoms with Crippen LogP contribution in [0.2, 0.25) is 0 Å². The van der Waals surface area contributed by atoms with Crippen molar-refractivity contribution >= 4 is 61.3 Å². The average Bonchev–Trinajstić information content (AvgIpc) is 3.40. The van der Waals surface area contributed by atoms with Crippen LogP contribution in [0.3, 0.4) is 0 Å². The summed E-state index contributed by atoms with van der Waals surface area (Å²) in [5.74, 6) is -8.87. The molecular formula is C20H18F4I2O7S. The molecule has 2 saturated carbocycles. The lowest BCUT2D eigenvalue weighted by Gasteiger charge is -2.36. The van der Waals surface area contributed by atoms with E-state index in [4.69, 9.17) is 18.8 Å². The molecule has 1 aromatic carbocycles. The van der Waals surface area contributed by atoms with E-state index in [2.05, 4.69) is 6.58 Å². The van der Waals surface area contributed by atoms with Gasteiger partial charge in [0.1, 0.15) is 0 Å². The van der Waals surface area contributed by atoms with Gasteiger partial charge in [0.25, 0.3) is 0 Å². The summed E-state index contributed by atoms with van der Waals surface area (Å²) >= 11 is 3.91. The van der Waals surface area contributed by atoms with Crippen molar-refractivity contribution in [2.45, 2.75) is 49.4 Å². The Morgan fingerprint density at radius 2 is 1.71 bits per heavy atom. The monoisotopic (exact) mass is 732 g/mol. The highest BCUT2D eigenvalue weighted by Gasteiger charge is 2.74. The molecule has 6 unspecified atom stereocenters. The first-order valence-corrected chi connectivity index (χ1v) is 13.6. The number of rotatable bonds is 6. The number of halogens is 6. The number of ether oxygens (including phenoxy) is 3. The summed E-state index contributed by atoms with van der Waals surface area (Å²) in [6, 6.07) is 3.27. The van der Waals surface area contributed by atoms with Crippen LogP contribution in [0.25, 0.3) is 0 Å². The second-order valence-corrected chi connectivity index (χ2v) is 12.4. The fourth-order valence-corrected chi connectivity index (χ4v) is 7.43. The average molecular weight is 732 g/mol. The van der Waals surface area contributed by atoms with Crippen molar-refractivity contribution in [1.82, 2.24) is 0 Å². The molecule has 2 aliphatic carbocycles. The van der Waals surface area contributed by atoms with Gasteiger partial charge in [0.2, 0.25) is 0 Å². The van der Waals surface area contributed by atoms with Crippen molar-refractivity contribution in [2.24, 2.45) is 17.8 Å². The Hall–Kier alpha value is -0.560. The first-order chi connectivity index (χ1) is 15.6. The van der Waals surface area contributed by atoms with Gasteiger partial charge in [-0.3, -0.25) is 4.55 Å². The minimum absolute atomic E-state index is 0.120. The molecular weight excluding hydrogens is 714 g/mol. The molecule has 0 radical (unpaired) electrons. The van der Waals surface area contributed by atoms with Crippen molar-refractivity contribution in [3.8, 4) is 5.75 Å². The largest absolute Gasteiger partial charge is 0.431 e. The molecule has 2 bridgehead atoms. The third kappa shape index (κ3) is 4.18. The number of alkyl halides is 4. The van der Waals surface area contributed by atoms with Crippen LogP contribution in [0.1, 0.15) is 31.6 Å². The summed E-state index contributed by atoms with van der Waals surface area (Å²) in [5, 5.41) is -5.62. The van der Waals surface area contributed by atoms with E-state index < -0.39 is 63.5 Å². The van der Waals surface area contributed by atoms with E-state index in [1.165, 1.54) is 6.92 Å². The highest BCUT2D eigenvalue weighted by Crippen LogP contribution is 2.62. The molecule has 1 aromatic rings. The molecule has 1 N–H and O–H groups in total. The zero-order valence-electron chi connectivity index (χ0n) is 17.3. The zero-order valence-corrected chi connectivity index (χ0v) is 22.4. The SMILES string of the molecule is C=C(C)C(=O)Oc1c(I)cc(C2OC3C4CC(C3O2)C(C(F)(F)C(F)(F)S(=O)(=O)O)C4)cc1I. The summed E-state index contributed by atoms with van der Waals surface area (Å²) in [6.45, 7) is 5.03. The van der Waals surface area contributed by atoms with E-state index in [1.54, 1.807) is 12.1 Å². The molecule has 188 valence electrons. The van der Waals surface area contributed by atoms with Gasteiger partial charge in [0.05, 0.1) is 19.3 Å². The Kier molecular flexibility index (Phi) is 6.84. The topological polar surface area (TPSA) is 99.1 Å². The molecule has 0 amide bonds. The number of benzene rings is 1. The Morgan fingerprint density at radius 3 is 2.24 bits per heavy atom. The van der Waals surface area contributed by atoms with E-state index in [9.17, 15) is 30.8 Å². The third-order valence-corrected chi connectivity index (χ3v) is 8.96. The van der Waals surface area contributed by atoms with Crippen LogP contribution in [-0.2, 0) is 24.4 Å². The molecule has 1 heterocycles. The lowest BCUT2D eigenvalue weighted by atomic mass is 9.81. The van der Waals surface area contributed by atoms with Crippen LogP contribution in [0.5, 0.6) is 5.75 Å². The van der Waals surface area contributed by atoms with Gasteiger partial charge in [-0.2, -0.15) is 26.0 Å². The number of carbonyl (C=O) groups excluding carboxylic acids is 1. The van der Waals surface area contributed by atoms with Crippen LogP contribution >= 0.6 is 45.2 Å². The molecule has 1 aliphatic heterocycles. The maximum absolute atomic E-state index is 14.6. The predicted octanol–water partition coefficient (Wildman–Crippen LogP) is 4.93. The number of carbonyl (C=O) groups is 1. The van der Waals surface area contributed by atoms with Gasteiger partial charge >= 0.3 is 27.3 Å². The first kappa shape index (κ1) is 26.5. The number of hydrogen-bond donors (Lipinski definition) is 1. The van der Waals surface area contributed by atoms with E-state index in [-0.39, 0.29) is 18.4 Å². The number of hydrogen-bond acceptors (Lipinski definition) is 6. The summed E-state index contributed by atoms with van der Waals surface area (Å²) in [7, 11) is -6.32. The number of esters is 1. The smallest absolute Gasteiger partial charge is 0.421 e. The maximum atomic E-state index is 14.6. The minimum atomic E-state index is -6.32. The highest BCUT2D eigenvalue weighted by molar-refractivity contribution is 14.1. The molecule has 3 aliphatic rings. The molecule has 1 saturated heterocycles. The van der Waals surface area contributed by atoms with Gasteiger partial charge in [0.15, 0.2) is 12.0 Å². The lowest BCUT2D eigenvalue weighted by Crippen LogP contribution is -2.55. The van der Waals surface area contributed by atoms with Gasteiger partial charge in [-0.1, -0.05) is 6.58 Å². The molecule has 34 heavy (non-hydrogen) atoms. The van der Waals surface area contributed by atoms with E-state index in [0.717, 1.165) is 0 Å². The molecule has 0 spiro atoms. The number of fused-ring (bicyclic) bond motifs is 5. The van der Waals surface area contributed by atoms with Crippen molar-refractivity contribution in [2.75, 3.05) is 0 Å². The van der Waals surface area contributed by atoms with Gasteiger partial charge < -0.3 is 14.2 Å². The summed E-state index contributed by atoms with van der Waals surface area (Å²) in [6.07, 6.45) is -2.78. The molecule has 3 fully saturated rings. The summed E-state index contributed by atoms with van der Waals surface area (Å²) < 4.78 is 106. The fourth-order valence-electron chi connectivity index (χ4n) is 4.89. The quantitative estimate of drug-likeness (QED) is 0.111. The van der Waals surface area contributed by atoms with Crippen LogP contribution in [0.4, 0.5) is 17.6 Å². The van der Waals surface area contributed by atoms with Crippen LogP contribution in [-0.4, -0.2) is 42.3 Å². The summed E-state index contributed by atoms with van der Waals surface area (Å²) in [5.41, 5.74) is 0.733. The first-order valence-electron chi connectivity index (χ1n) is 9.96. The molecule has 4 rings (SSSR count). The van der Waals surface area contributed by atoms with Crippen LogP contribution < -0.4 is 4.74 Å². The fraction of sp³-hybridized carbons (Fsp3) is 0.550. The third-order valence-electron chi connectivity index (χ3n) is 6.43. The van der Waals surface area contributed by atoms with Crippen LogP contribution in [0, 0.1) is 24.9 Å². The Labute approximate surface area is 219 Å². The van der Waals surface area contributed by atoms with E-state index in [0.29, 0.717) is 18.5 Å². The van der Waals surface area contributed by atoms with Crippen LogP contribution in [0.15, 0.2) is 24.3 Å². The van der Waals surface area contributed by atoms with Gasteiger partial charge in [-0.25, -0.2) is 4.79 Å². The van der Waals surface area contributed by atoms with Crippen molar-refractivity contribution < 1.29 is 49.5 Å². The molecule has 14 heteroatoms. The molecule has 0 aromatic heterocycles. The second-order valence-electron chi connectivity index (χ2n) is 8.63. The second kappa shape index (κ2) is 8.78. The van der Waals surface area contributed by atoms with E-state index >= 15 is 0 Å². The normalized spacial score (nSPS) is 30.9. The van der Waals surface area contributed by atoms with Gasteiger partial charge in [0, 0.05) is 17.1 Å². The summed E-state index contributed by atoms with van der Waals surface area (Å²) in [4.78, 5) is 11.9. The van der Waals surface area contributed by atoms with Gasteiger partial charge in [-0.15, -0.1) is 0 Å². The van der Waals surface area contributed by atoms with Crippen molar-refractivity contribution in [1.29, 1.82) is 0 Å². The Bertz CT molecular complexity index is 1140. The maximum Gasteiger partial charge on any atom is 0.431 e.